The summed E-state index contributed by atoms with van der Waals surface area (Å²) in [6.45, 7) is 0. The molecule has 15 heavy (non-hydrogen) atoms. The van der Waals surface area contributed by atoms with Crippen LogP contribution in [0.3, 0.4) is 0 Å². The number of hydrogen-bond donors (Lipinski definition) is 0. The van der Waals surface area contributed by atoms with Crippen molar-refractivity contribution < 1.29 is 0 Å². The van der Waals surface area contributed by atoms with E-state index in [9.17, 15) is 0 Å². The van der Waals surface area contributed by atoms with Crippen molar-refractivity contribution in [2.45, 2.75) is 0 Å². The topological polar surface area (TPSA) is 25.8 Å². The minimum Gasteiger partial charge on any atom is -0.237 e. The van der Waals surface area contributed by atoms with Gasteiger partial charge in [0.05, 0.1) is 0 Å². The average Bonchev–Trinajstić information content (AvgIpc) is 2.74. The van der Waals surface area contributed by atoms with E-state index in [1.54, 1.807) is 23.7 Å². The third-order valence-electron chi connectivity index (χ3n) is 2.29. The fourth-order valence-electron chi connectivity index (χ4n) is 1.59. The molecule has 3 aromatic rings. The van der Waals surface area contributed by atoms with Crippen LogP contribution in [0, 0.1) is 0 Å². The number of hydrogen-bond acceptors (Lipinski definition) is 3. The van der Waals surface area contributed by atoms with Crippen molar-refractivity contribution >= 4 is 21.4 Å². The molecule has 0 aliphatic carbocycles. The van der Waals surface area contributed by atoms with Gasteiger partial charge >= 0.3 is 0 Å². The van der Waals surface area contributed by atoms with Crippen LogP contribution in [-0.2, 0) is 0 Å². The first-order valence-electron chi connectivity index (χ1n) is 4.69. The smallest absolute Gasteiger partial charge is 0.160 e. The zero-order valence-electron chi connectivity index (χ0n) is 7.92. The van der Waals surface area contributed by atoms with Crippen molar-refractivity contribution in [1.29, 1.82) is 0 Å². The van der Waals surface area contributed by atoms with Crippen molar-refractivity contribution in [3.05, 3.63) is 48.1 Å². The Balaban J connectivity index is 2.28. The van der Waals surface area contributed by atoms with E-state index in [2.05, 4.69) is 33.5 Å². The molecule has 0 saturated carbocycles. The van der Waals surface area contributed by atoms with Crippen molar-refractivity contribution in [2.75, 3.05) is 0 Å². The molecule has 0 spiro atoms. The van der Waals surface area contributed by atoms with Crippen LogP contribution in [0.2, 0.25) is 0 Å². The Labute approximate surface area is 91.2 Å². The molecular formula is C12H8N2S. The molecule has 2 aromatic heterocycles. The summed E-state index contributed by atoms with van der Waals surface area (Å²) in [5.41, 5.74) is 1.12. The molecule has 0 saturated heterocycles. The SMILES string of the molecule is c1cnc(-c2csc3ccccc23)nc1. The first kappa shape index (κ1) is 8.56. The molecule has 0 N–H and O–H groups in total. The number of benzene rings is 1. The van der Waals surface area contributed by atoms with Crippen molar-refractivity contribution in [1.82, 2.24) is 9.97 Å². The lowest BCUT2D eigenvalue weighted by Gasteiger charge is -1.96. The maximum absolute atomic E-state index is 4.27. The maximum atomic E-state index is 4.27. The van der Waals surface area contributed by atoms with Gasteiger partial charge in [-0.2, -0.15) is 0 Å². The summed E-state index contributed by atoms with van der Waals surface area (Å²) in [7, 11) is 0. The Bertz CT molecular complexity index is 587. The molecule has 0 radical (unpaired) electrons. The molecule has 0 unspecified atom stereocenters. The van der Waals surface area contributed by atoms with E-state index < -0.39 is 0 Å². The molecule has 3 rings (SSSR count). The predicted molar refractivity (Wildman–Crippen MR) is 62.9 cm³/mol. The van der Waals surface area contributed by atoms with Crippen LogP contribution in [0.1, 0.15) is 0 Å². The third kappa shape index (κ3) is 1.41. The van der Waals surface area contributed by atoms with Crippen LogP contribution in [-0.4, -0.2) is 9.97 Å². The Morgan fingerprint density at radius 1 is 0.933 bits per heavy atom. The molecule has 0 aliphatic rings. The monoisotopic (exact) mass is 212 g/mol. The average molecular weight is 212 g/mol. The number of aromatic nitrogens is 2. The highest BCUT2D eigenvalue weighted by Gasteiger charge is 2.06. The van der Waals surface area contributed by atoms with Crippen LogP contribution in [0.4, 0.5) is 0 Å². The first-order valence-corrected chi connectivity index (χ1v) is 5.57. The minimum absolute atomic E-state index is 0.801. The Hall–Kier alpha value is -1.74. The highest BCUT2D eigenvalue weighted by atomic mass is 32.1. The van der Waals surface area contributed by atoms with Gasteiger partial charge in [-0.1, -0.05) is 18.2 Å². The lowest BCUT2D eigenvalue weighted by Crippen LogP contribution is -1.84. The van der Waals surface area contributed by atoms with Crippen LogP contribution in [0.15, 0.2) is 48.1 Å². The second-order valence-corrected chi connectivity index (χ2v) is 4.13. The minimum atomic E-state index is 0.801. The Kier molecular flexibility index (Phi) is 1.96. The van der Waals surface area contributed by atoms with Gasteiger partial charge in [0.15, 0.2) is 5.82 Å². The summed E-state index contributed by atoms with van der Waals surface area (Å²) in [4.78, 5) is 8.53. The van der Waals surface area contributed by atoms with E-state index in [0.29, 0.717) is 0 Å². The van der Waals surface area contributed by atoms with Crippen LogP contribution in [0.5, 0.6) is 0 Å². The van der Waals surface area contributed by atoms with E-state index in [4.69, 9.17) is 0 Å². The van der Waals surface area contributed by atoms with Crippen LogP contribution < -0.4 is 0 Å². The van der Waals surface area contributed by atoms with Gasteiger partial charge in [0, 0.05) is 33.4 Å². The third-order valence-corrected chi connectivity index (χ3v) is 3.25. The normalized spacial score (nSPS) is 10.7. The van der Waals surface area contributed by atoms with Gasteiger partial charge in [-0.3, -0.25) is 0 Å². The van der Waals surface area contributed by atoms with E-state index in [1.807, 2.05) is 12.1 Å². The number of nitrogens with zero attached hydrogens (tertiary/aromatic N) is 2. The molecule has 0 fully saturated rings. The van der Waals surface area contributed by atoms with Crippen molar-refractivity contribution in [3.63, 3.8) is 0 Å². The second kappa shape index (κ2) is 3.44. The molecule has 0 atom stereocenters. The number of fused-ring (bicyclic) bond motifs is 1. The van der Waals surface area contributed by atoms with Gasteiger partial charge in [-0.05, 0) is 12.1 Å². The molecule has 0 amide bonds. The van der Waals surface area contributed by atoms with Crippen molar-refractivity contribution in [2.24, 2.45) is 0 Å². The zero-order chi connectivity index (χ0) is 10.1. The molecule has 2 nitrogen and oxygen atoms in total. The number of rotatable bonds is 1. The van der Waals surface area contributed by atoms with Gasteiger partial charge < -0.3 is 0 Å². The van der Waals surface area contributed by atoms with E-state index in [-0.39, 0.29) is 0 Å². The fourth-order valence-corrected chi connectivity index (χ4v) is 2.53. The lowest BCUT2D eigenvalue weighted by atomic mass is 10.2. The van der Waals surface area contributed by atoms with Gasteiger partial charge in [0.25, 0.3) is 0 Å². The highest BCUT2D eigenvalue weighted by molar-refractivity contribution is 7.17. The van der Waals surface area contributed by atoms with Gasteiger partial charge in [0.2, 0.25) is 0 Å². The van der Waals surface area contributed by atoms with E-state index in [1.165, 1.54) is 10.1 Å². The summed E-state index contributed by atoms with van der Waals surface area (Å²) in [6.07, 6.45) is 3.55. The number of thiophene rings is 1. The van der Waals surface area contributed by atoms with Crippen LogP contribution in [0.25, 0.3) is 21.5 Å². The molecule has 0 aliphatic heterocycles. The molecular weight excluding hydrogens is 204 g/mol. The second-order valence-electron chi connectivity index (χ2n) is 3.22. The summed E-state index contributed by atoms with van der Waals surface area (Å²) in [5.74, 6) is 0.801. The maximum Gasteiger partial charge on any atom is 0.160 e. The zero-order valence-corrected chi connectivity index (χ0v) is 8.74. The lowest BCUT2D eigenvalue weighted by molar-refractivity contribution is 1.18. The van der Waals surface area contributed by atoms with Crippen molar-refractivity contribution in [3.8, 4) is 11.4 Å². The van der Waals surface area contributed by atoms with Gasteiger partial charge in [-0.25, -0.2) is 9.97 Å². The Morgan fingerprint density at radius 2 is 1.73 bits per heavy atom. The molecule has 3 heteroatoms. The largest absolute Gasteiger partial charge is 0.237 e. The summed E-state index contributed by atoms with van der Waals surface area (Å²) >= 11 is 1.73. The van der Waals surface area contributed by atoms with Gasteiger partial charge in [-0.15, -0.1) is 11.3 Å². The van der Waals surface area contributed by atoms with Gasteiger partial charge in [0.1, 0.15) is 0 Å². The molecule has 1 aromatic carbocycles. The predicted octanol–water partition coefficient (Wildman–Crippen LogP) is 3.36. The Morgan fingerprint density at radius 3 is 2.60 bits per heavy atom. The summed E-state index contributed by atoms with van der Waals surface area (Å²) in [5, 5.41) is 3.34. The molecule has 2 heterocycles. The van der Waals surface area contributed by atoms with E-state index in [0.717, 1.165) is 11.4 Å². The molecule has 0 bridgehead atoms. The summed E-state index contributed by atoms with van der Waals surface area (Å²) < 4.78 is 1.28. The quantitative estimate of drug-likeness (QED) is 0.618. The highest BCUT2D eigenvalue weighted by Crippen LogP contribution is 2.31. The standard InChI is InChI=1S/C12H8N2S/c1-2-5-11-9(4-1)10(8-15-11)12-13-6-3-7-14-12/h1-8H. The fraction of sp³-hybridized carbons (Fsp3) is 0. The molecule has 72 valence electrons. The van der Waals surface area contributed by atoms with E-state index >= 15 is 0 Å². The summed E-state index contributed by atoms with van der Waals surface area (Å²) in [6, 6.07) is 10.2. The first-order chi connectivity index (χ1) is 7.45. The van der Waals surface area contributed by atoms with Crippen LogP contribution >= 0.6 is 11.3 Å².